The monoisotopic (exact) mass is 511 g/mol. The van der Waals surface area contributed by atoms with E-state index in [2.05, 4.69) is 25.3 Å². The van der Waals surface area contributed by atoms with E-state index in [0.29, 0.717) is 16.7 Å². The molecule has 0 saturated heterocycles. The van der Waals surface area contributed by atoms with Crippen molar-refractivity contribution in [1.29, 1.82) is 5.26 Å². The summed E-state index contributed by atoms with van der Waals surface area (Å²) in [5.41, 5.74) is 0.319. The summed E-state index contributed by atoms with van der Waals surface area (Å²) < 4.78 is 60.2. The average Bonchev–Trinajstić information content (AvgIpc) is 2.75. The first-order chi connectivity index (χ1) is 15.9. The first-order valence-electron chi connectivity index (χ1n) is 9.49. The van der Waals surface area contributed by atoms with Crippen molar-refractivity contribution in [2.24, 2.45) is 0 Å². The predicted molar refractivity (Wildman–Crippen MR) is 124 cm³/mol. The molecule has 8 nitrogen and oxygen atoms in total. The van der Waals surface area contributed by atoms with Crippen LogP contribution in [0.1, 0.15) is 5.56 Å². The molecular formula is C21H18ClF3N5O3P. The summed E-state index contributed by atoms with van der Waals surface area (Å²) in [5.74, 6) is -0.196. The maximum absolute atomic E-state index is 12.8. The SMILES string of the molecule is COc1cc(P(C)(C)=O)ccc1Nc1ncc(Cl)c(Nc2ccc(C#N)cc2OC(F)(F)F)n1. The Balaban J connectivity index is 1.93. The smallest absolute Gasteiger partial charge is 0.495 e. The van der Waals surface area contributed by atoms with Gasteiger partial charge in [-0.05, 0) is 43.7 Å². The Kier molecular flexibility index (Phi) is 7.24. The number of halogens is 4. The molecule has 0 saturated carbocycles. The number of ether oxygens (including phenoxy) is 2. The summed E-state index contributed by atoms with van der Waals surface area (Å²) in [5, 5.41) is 15.2. The second-order valence-corrected chi connectivity index (χ2v) is 10.9. The molecule has 2 aromatic carbocycles. The van der Waals surface area contributed by atoms with E-state index in [4.69, 9.17) is 21.6 Å². The second-order valence-electron chi connectivity index (χ2n) is 7.25. The lowest BCUT2D eigenvalue weighted by Crippen LogP contribution is -2.18. The van der Waals surface area contributed by atoms with E-state index in [1.165, 1.54) is 25.4 Å². The number of nitrogens with one attached hydrogen (secondary N) is 2. The molecule has 0 aliphatic heterocycles. The third-order valence-electron chi connectivity index (χ3n) is 4.39. The number of alkyl halides is 3. The Hall–Kier alpha value is -3.48. The summed E-state index contributed by atoms with van der Waals surface area (Å²) in [7, 11) is -1.07. The van der Waals surface area contributed by atoms with Crippen LogP contribution in [-0.4, -0.2) is 36.8 Å². The first-order valence-corrected chi connectivity index (χ1v) is 12.5. The highest BCUT2D eigenvalue weighted by molar-refractivity contribution is 7.70. The van der Waals surface area contributed by atoms with Crippen LogP contribution in [0.4, 0.5) is 36.3 Å². The van der Waals surface area contributed by atoms with Crippen LogP contribution in [0.5, 0.6) is 11.5 Å². The highest BCUT2D eigenvalue weighted by Crippen LogP contribution is 2.38. The number of methoxy groups -OCH3 is 1. The third-order valence-corrected chi connectivity index (χ3v) is 6.19. The molecule has 178 valence electrons. The van der Waals surface area contributed by atoms with E-state index < -0.39 is 19.3 Å². The molecule has 0 spiro atoms. The highest BCUT2D eigenvalue weighted by Gasteiger charge is 2.32. The predicted octanol–water partition coefficient (Wildman–Crippen LogP) is 5.64. The normalized spacial score (nSPS) is 11.5. The molecule has 2 N–H and O–H groups in total. The van der Waals surface area contributed by atoms with Crippen LogP contribution in [-0.2, 0) is 4.57 Å². The van der Waals surface area contributed by atoms with Gasteiger partial charge in [-0.25, -0.2) is 4.98 Å². The number of benzene rings is 2. The molecule has 0 fully saturated rings. The van der Waals surface area contributed by atoms with Gasteiger partial charge in [0.25, 0.3) is 0 Å². The van der Waals surface area contributed by atoms with Crippen LogP contribution in [0.2, 0.25) is 5.02 Å². The molecular weight excluding hydrogens is 494 g/mol. The number of nitriles is 1. The lowest BCUT2D eigenvalue weighted by atomic mass is 10.2. The molecule has 0 aliphatic rings. The van der Waals surface area contributed by atoms with E-state index >= 15 is 0 Å². The molecule has 0 bridgehead atoms. The molecule has 0 atom stereocenters. The van der Waals surface area contributed by atoms with Crippen LogP contribution < -0.4 is 25.4 Å². The minimum atomic E-state index is -4.98. The van der Waals surface area contributed by atoms with Crippen LogP contribution >= 0.6 is 18.7 Å². The lowest BCUT2D eigenvalue weighted by Gasteiger charge is -2.16. The summed E-state index contributed by atoms with van der Waals surface area (Å²) in [4.78, 5) is 8.29. The summed E-state index contributed by atoms with van der Waals surface area (Å²) in [6.07, 6.45) is -3.73. The zero-order chi connectivity index (χ0) is 25.1. The quantitative estimate of drug-likeness (QED) is 0.392. The topological polar surface area (TPSA) is 109 Å². The van der Waals surface area contributed by atoms with Gasteiger partial charge in [-0.1, -0.05) is 11.6 Å². The molecule has 0 radical (unpaired) electrons. The molecule has 3 aromatic rings. The van der Waals surface area contributed by atoms with Gasteiger partial charge in [0, 0.05) is 11.4 Å². The van der Waals surface area contributed by atoms with Crippen LogP contribution in [0.3, 0.4) is 0 Å². The Bertz CT molecular complexity index is 1310. The van der Waals surface area contributed by atoms with Gasteiger partial charge in [0.2, 0.25) is 5.95 Å². The van der Waals surface area contributed by atoms with Crippen molar-refractivity contribution in [2.75, 3.05) is 31.1 Å². The number of rotatable bonds is 7. The number of anilines is 4. The van der Waals surface area contributed by atoms with Gasteiger partial charge in [0.15, 0.2) is 11.6 Å². The van der Waals surface area contributed by atoms with Crippen LogP contribution in [0.15, 0.2) is 42.6 Å². The molecule has 34 heavy (non-hydrogen) atoms. The fourth-order valence-electron chi connectivity index (χ4n) is 2.79. The molecule has 13 heteroatoms. The number of nitrogens with zero attached hydrogens (tertiary/aromatic N) is 3. The van der Waals surface area contributed by atoms with Gasteiger partial charge in [0.1, 0.15) is 17.9 Å². The van der Waals surface area contributed by atoms with Crippen molar-refractivity contribution < 1.29 is 27.2 Å². The molecule has 3 rings (SSSR count). The molecule has 1 aromatic heterocycles. The minimum Gasteiger partial charge on any atom is -0.495 e. The molecule has 0 unspecified atom stereocenters. The average molecular weight is 512 g/mol. The first kappa shape index (κ1) is 25.1. The van der Waals surface area contributed by atoms with Crippen molar-refractivity contribution >= 4 is 47.2 Å². The van der Waals surface area contributed by atoms with E-state index in [9.17, 15) is 17.7 Å². The van der Waals surface area contributed by atoms with Crippen molar-refractivity contribution in [1.82, 2.24) is 9.97 Å². The van der Waals surface area contributed by atoms with E-state index in [-0.39, 0.29) is 28.0 Å². The van der Waals surface area contributed by atoms with E-state index in [1.54, 1.807) is 37.6 Å². The van der Waals surface area contributed by atoms with Crippen molar-refractivity contribution in [3.8, 4) is 17.6 Å². The van der Waals surface area contributed by atoms with Crippen LogP contribution in [0.25, 0.3) is 0 Å². The Labute approximate surface area is 198 Å². The number of hydrogen-bond donors (Lipinski definition) is 2. The van der Waals surface area contributed by atoms with Crippen molar-refractivity contribution in [2.45, 2.75) is 6.36 Å². The van der Waals surface area contributed by atoms with Gasteiger partial charge < -0.3 is 24.7 Å². The zero-order valence-electron chi connectivity index (χ0n) is 18.1. The fourth-order valence-corrected chi connectivity index (χ4v) is 3.79. The highest BCUT2D eigenvalue weighted by atomic mass is 35.5. The second kappa shape index (κ2) is 9.79. The van der Waals surface area contributed by atoms with Crippen molar-refractivity contribution in [3.63, 3.8) is 0 Å². The van der Waals surface area contributed by atoms with Crippen molar-refractivity contribution in [3.05, 3.63) is 53.2 Å². The summed E-state index contributed by atoms with van der Waals surface area (Å²) >= 11 is 6.14. The third kappa shape index (κ3) is 6.31. The Morgan fingerprint density at radius 3 is 2.38 bits per heavy atom. The van der Waals surface area contributed by atoms with E-state index in [0.717, 1.165) is 6.07 Å². The number of aromatic nitrogens is 2. The molecule has 1 heterocycles. The van der Waals surface area contributed by atoms with E-state index in [1.807, 2.05) is 0 Å². The van der Waals surface area contributed by atoms with Gasteiger partial charge >= 0.3 is 6.36 Å². The van der Waals surface area contributed by atoms with Gasteiger partial charge in [-0.15, -0.1) is 13.2 Å². The Morgan fingerprint density at radius 2 is 1.76 bits per heavy atom. The maximum Gasteiger partial charge on any atom is 0.573 e. The minimum absolute atomic E-state index is 0.0156. The maximum atomic E-state index is 12.8. The largest absolute Gasteiger partial charge is 0.573 e. The summed E-state index contributed by atoms with van der Waals surface area (Å²) in [6, 6.07) is 10.2. The fraction of sp³-hybridized carbons (Fsp3) is 0.190. The molecule has 0 amide bonds. The standard InChI is InChI=1S/C21H18ClF3N5O3P/c1-32-17-9-13(34(2,3)31)5-7-15(17)29-20-27-11-14(22)19(30-20)28-16-6-4-12(10-26)8-18(16)33-21(23,24)25/h4-9,11H,1-3H3,(H2,27,28,29,30). The van der Waals surface area contributed by atoms with Gasteiger partial charge in [0.05, 0.1) is 36.3 Å². The summed E-state index contributed by atoms with van der Waals surface area (Å²) in [6.45, 7) is 3.27. The van der Waals surface area contributed by atoms with Crippen LogP contribution in [0, 0.1) is 11.3 Å². The molecule has 0 aliphatic carbocycles. The van der Waals surface area contributed by atoms with Gasteiger partial charge in [-0.3, -0.25) is 0 Å². The zero-order valence-corrected chi connectivity index (χ0v) is 19.7. The van der Waals surface area contributed by atoms with Gasteiger partial charge in [-0.2, -0.15) is 10.2 Å². The number of hydrogen-bond acceptors (Lipinski definition) is 8. The lowest BCUT2D eigenvalue weighted by molar-refractivity contribution is -0.274. The Morgan fingerprint density at radius 1 is 1.09 bits per heavy atom.